The fraction of sp³-hybridized carbons (Fsp3) is 0.429. The van der Waals surface area contributed by atoms with Crippen LogP contribution in [0.15, 0.2) is 23.7 Å². The number of anilines is 1. The van der Waals surface area contributed by atoms with E-state index in [4.69, 9.17) is 4.74 Å². The van der Waals surface area contributed by atoms with E-state index in [-0.39, 0.29) is 12.6 Å². The molecule has 1 aliphatic rings. The maximum absolute atomic E-state index is 13.6. The molecule has 1 N–H and O–H groups in total. The van der Waals surface area contributed by atoms with Crippen molar-refractivity contribution in [3.05, 3.63) is 35.1 Å². The van der Waals surface area contributed by atoms with E-state index in [2.05, 4.69) is 20.5 Å². The van der Waals surface area contributed by atoms with Gasteiger partial charge in [0.25, 0.3) is 0 Å². The number of allylic oxidation sites excluding steroid dienone is 1. The summed E-state index contributed by atoms with van der Waals surface area (Å²) in [5.74, 6) is -1.20. The van der Waals surface area contributed by atoms with Gasteiger partial charge in [0.05, 0.1) is 23.6 Å². The molecule has 0 saturated heterocycles. The summed E-state index contributed by atoms with van der Waals surface area (Å²) in [5, 5.41) is 10.3. The van der Waals surface area contributed by atoms with Crippen LogP contribution in [0.4, 0.5) is 19.1 Å². The first-order valence-electron chi connectivity index (χ1n) is 7.39. The molecule has 8 nitrogen and oxygen atoms in total. The number of carbonyl (C=O) groups excluding carboxylic acids is 1. The van der Waals surface area contributed by atoms with Crippen molar-refractivity contribution < 1.29 is 22.7 Å². The molecule has 0 bridgehead atoms. The van der Waals surface area contributed by atoms with E-state index in [9.17, 15) is 18.0 Å². The number of halogens is 3. The number of esters is 1. The molecule has 0 aliphatic carbocycles. The van der Waals surface area contributed by atoms with Crippen molar-refractivity contribution >= 4 is 11.9 Å². The van der Waals surface area contributed by atoms with E-state index in [1.165, 1.54) is 16.3 Å². The van der Waals surface area contributed by atoms with E-state index < -0.39 is 29.5 Å². The van der Waals surface area contributed by atoms with Crippen LogP contribution < -0.4 is 5.32 Å². The maximum atomic E-state index is 13.6. The van der Waals surface area contributed by atoms with E-state index in [1.54, 1.807) is 20.0 Å². The van der Waals surface area contributed by atoms with Crippen LogP contribution in [-0.2, 0) is 16.6 Å². The normalized spacial score (nSPS) is 17.3. The van der Waals surface area contributed by atoms with Gasteiger partial charge < -0.3 is 10.1 Å². The van der Waals surface area contributed by atoms with Crippen LogP contribution >= 0.6 is 0 Å². The lowest BCUT2D eigenvalue weighted by Crippen LogP contribution is -2.36. The number of aryl methyl sites for hydroxylation is 2. The molecule has 25 heavy (non-hydrogen) atoms. The van der Waals surface area contributed by atoms with Crippen LogP contribution in [0.1, 0.15) is 24.4 Å². The minimum Gasteiger partial charge on any atom is -0.463 e. The Labute approximate surface area is 140 Å². The molecule has 0 saturated carbocycles. The minimum absolute atomic E-state index is 0.0607. The monoisotopic (exact) mass is 356 g/mol. The molecular formula is C14H15F3N6O2. The molecule has 2 aromatic heterocycles. The van der Waals surface area contributed by atoms with E-state index in [1.807, 2.05) is 0 Å². The Bertz CT molecular complexity index is 851. The van der Waals surface area contributed by atoms with Crippen molar-refractivity contribution in [3.8, 4) is 0 Å². The molecule has 3 heterocycles. The van der Waals surface area contributed by atoms with Crippen LogP contribution in [0.3, 0.4) is 0 Å². The fourth-order valence-corrected chi connectivity index (χ4v) is 2.77. The van der Waals surface area contributed by atoms with Gasteiger partial charge in [0.1, 0.15) is 18.1 Å². The topological polar surface area (TPSA) is 86.9 Å². The molecule has 0 spiro atoms. The third-order valence-electron chi connectivity index (χ3n) is 3.69. The number of hydrogen-bond acceptors (Lipinski definition) is 6. The fourth-order valence-electron chi connectivity index (χ4n) is 2.77. The van der Waals surface area contributed by atoms with Gasteiger partial charge in [-0.3, -0.25) is 4.68 Å². The maximum Gasteiger partial charge on any atom is 0.431 e. The summed E-state index contributed by atoms with van der Waals surface area (Å²) in [5.41, 5.74) is -0.851. The predicted molar refractivity (Wildman–Crippen MR) is 79.4 cm³/mol. The third-order valence-corrected chi connectivity index (χ3v) is 3.69. The van der Waals surface area contributed by atoms with E-state index in [0.717, 1.165) is 6.33 Å². The van der Waals surface area contributed by atoms with Gasteiger partial charge in [0, 0.05) is 7.05 Å². The molecule has 1 aliphatic heterocycles. The number of rotatable bonds is 3. The van der Waals surface area contributed by atoms with Gasteiger partial charge in [-0.25, -0.2) is 9.48 Å². The predicted octanol–water partition coefficient (Wildman–Crippen LogP) is 1.71. The first-order chi connectivity index (χ1) is 11.7. The Morgan fingerprint density at radius 3 is 2.72 bits per heavy atom. The van der Waals surface area contributed by atoms with Crippen LogP contribution in [0.2, 0.25) is 0 Å². The second kappa shape index (κ2) is 5.90. The number of nitrogens with zero attached hydrogens (tertiary/aromatic N) is 5. The highest BCUT2D eigenvalue weighted by Gasteiger charge is 2.47. The molecule has 11 heteroatoms. The summed E-state index contributed by atoms with van der Waals surface area (Å²) >= 11 is 0. The number of nitrogens with one attached hydrogen (secondary N) is 1. The standard InChI is InChI=1S/C14H15F3N6O2/c1-4-25-12(24)9-10(8-5-7(2)21-22(8)3)23-13(18-6-19-23)20-11(9)14(15,16)17/h5-6,10H,4H2,1-3H3,(H,18,19,20). The lowest BCUT2D eigenvalue weighted by Gasteiger charge is -2.29. The first kappa shape index (κ1) is 17.0. The smallest absolute Gasteiger partial charge is 0.431 e. The summed E-state index contributed by atoms with van der Waals surface area (Å²) in [6, 6.07) is 0.426. The lowest BCUT2D eigenvalue weighted by molar-refractivity contribution is -0.140. The highest BCUT2D eigenvalue weighted by atomic mass is 19.4. The summed E-state index contributed by atoms with van der Waals surface area (Å²) in [4.78, 5) is 16.2. The number of alkyl halides is 3. The van der Waals surface area contributed by atoms with Gasteiger partial charge in [0.2, 0.25) is 5.95 Å². The highest BCUT2D eigenvalue weighted by Crippen LogP contribution is 2.41. The summed E-state index contributed by atoms with van der Waals surface area (Å²) in [7, 11) is 1.58. The van der Waals surface area contributed by atoms with E-state index >= 15 is 0 Å². The largest absolute Gasteiger partial charge is 0.463 e. The number of carbonyl (C=O) groups is 1. The zero-order valence-electron chi connectivity index (χ0n) is 13.6. The number of aromatic nitrogens is 5. The second-order valence-electron chi connectivity index (χ2n) is 5.40. The van der Waals surface area contributed by atoms with Gasteiger partial charge in [-0.15, -0.1) is 0 Å². The molecule has 134 valence electrons. The van der Waals surface area contributed by atoms with Gasteiger partial charge in [-0.2, -0.15) is 28.4 Å². The van der Waals surface area contributed by atoms with Crippen LogP contribution in [0, 0.1) is 6.92 Å². The van der Waals surface area contributed by atoms with Crippen molar-refractivity contribution in [1.82, 2.24) is 24.5 Å². The SMILES string of the molecule is CCOC(=O)C1=C(C(F)(F)F)Nc2ncnn2C1c1cc(C)nn1C. The molecule has 3 rings (SSSR count). The zero-order valence-corrected chi connectivity index (χ0v) is 13.6. The van der Waals surface area contributed by atoms with Gasteiger partial charge in [-0.1, -0.05) is 0 Å². The Morgan fingerprint density at radius 2 is 2.16 bits per heavy atom. The average Bonchev–Trinajstić information content (AvgIpc) is 3.10. The van der Waals surface area contributed by atoms with Crippen molar-refractivity contribution in [2.75, 3.05) is 11.9 Å². The van der Waals surface area contributed by atoms with Crippen molar-refractivity contribution in [2.24, 2.45) is 7.05 Å². The molecule has 1 unspecified atom stereocenters. The number of ether oxygens (including phenoxy) is 1. The minimum atomic E-state index is -4.80. The van der Waals surface area contributed by atoms with E-state index in [0.29, 0.717) is 11.4 Å². The van der Waals surface area contributed by atoms with Gasteiger partial charge in [0.15, 0.2) is 0 Å². The third kappa shape index (κ3) is 2.85. The first-order valence-corrected chi connectivity index (χ1v) is 7.39. The quantitative estimate of drug-likeness (QED) is 0.843. The van der Waals surface area contributed by atoms with Crippen molar-refractivity contribution in [2.45, 2.75) is 26.1 Å². The van der Waals surface area contributed by atoms with Crippen molar-refractivity contribution in [3.63, 3.8) is 0 Å². The molecule has 1 atom stereocenters. The van der Waals surface area contributed by atoms with Crippen LogP contribution in [0.5, 0.6) is 0 Å². The Morgan fingerprint density at radius 1 is 1.44 bits per heavy atom. The van der Waals surface area contributed by atoms with Crippen molar-refractivity contribution in [1.29, 1.82) is 0 Å². The average molecular weight is 356 g/mol. The molecule has 0 radical (unpaired) electrons. The molecular weight excluding hydrogens is 341 g/mol. The molecule has 0 amide bonds. The number of fused-ring (bicyclic) bond motifs is 1. The summed E-state index contributed by atoms with van der Waals surface area (Å²) < 4.78 is 48.2. The molecule has 2 aromatic rings. The Kier molecular flexibility index (Phi) is 4.01. The molecule has 0 fully saturated rings. The summed E-state index contributed by atoms with van der Waals surface area (Å²) in [6.07, 6.45) is -3.69. The summed E-state index contributed by atoms with van der Waals surface area (Å²) in [6.45, 7) is 3.16. The van der Waals surface area contributed by atoms with Crippen LogP contribution in [-0.4, -0.2) is 43.3 Å². The highest BCUT2D eigenvalue weighted by molar-refractivity contribution is 5.92. The van der Waals surface area contributed by atoms with Gasteiger partial charge >= 0.3 is 12.1 Å². The molecule has 0 aromatic carbocycles. The second-order valence-corrected chi connectivity index (χ2v) is 5.40. The zero-order chi connectivity index (χ0) is 18.4. The number of hydrogen-bond donors (Lipinski definition) is 1. The van der Waals surface area contributed by atoms with Crippen LogP contribution in [0.25, 0.3) is 0 Å². The van der Waals surface area contributed by atoms with Gasteiger partial charge in [-0.05, 0) is 19.9 Å². The lowest BCUT2D eigenvalue weighted by atomic mass is 9.99. The Balaban J connectivity index is 2.28. The Hall–Kier alpha value is -2.85.